The minimum absolute atomic E-state index is 0.0344. The van der Waals surface area contributed by atoms with E-state index in [2.05, 4.69) is 19.2 Å². The van der Waals surface area contributed by atoms with E-state index in [1.807, 2.05) is 6.07 Å². The number of nitro groups is 1. The highest BCUT2D eigenvalue weighted by Gasteiger charge is 2.24. The van der Waals surface area contributed by atoms with Crippen LogP contribution in [0.15, 0.2) is 18.2 Å². The summed E-state index contributed by atoms with van der Waals surface area (Å²) in [5.41, 5.74) is 0.753. The van der Waals surface area contributed by atoms with E-state index in [0.29, 0.717) is 12.0 Å². The molecule has 1 N–H and O–H groups in total. The molecule has 0 aliphatic heterocycles. The van der Waals surface area contributed by atoms with E-state index in [0.717, 1.165) is 24.4 Å². The highest BCUT2D eigenvalue weighted by atomic mass is 35.5. The minimum Gasteiger partial charge on any atom is -0.382 e. The first-order chi connectivity index (χ1) is 9.47. The number of halogens is 1. The van der Waals surface area contributed by atoms with Crippen LogP contribution in [-0.4, -0.2) is 11.0 Å². The van der Waals surface area contributed by atoms with Gasteiger partial charge in [0.15, 0.2) is 0 Å². The first-order valence-electron chi connectivity index (χ1n) is 7.18. The Labute approximate surface area is 124 Å². The van der Waals surface area contributed by atoms with Gasteiger partial charge < -0.3 is 5.32 Å². The van der Waals surface area contributed by atoms with Crippen LogP contribution in [0.25, 0.3) is 0 Å². The smallest absolute Gasteiger partial charge is 0.289 e. The predicted molar refractivity (Wildman–Crippen MR) is 82.3 cm³/mol. The summed E-state index contributed by atoms with van der Waals surface area (Å²) >= 11 is 5.83. The second kappa shape index (κ2) is 6.44. The van der Waals surface area contributed by atoms with Crippen molar-refractivity contribution in [2.24, 2.45) is 11.8 Å². The molecule has 20 heavy (non-hydrogen) atoms. The van der Waals surface area contributed by atoms with E-state index in [4.69, 9.17) is 11.6 Å². The van der Waals surface area contributed by atoms with Gasteiger partial charge in [-0.05, 0) is 36.8 Å². The normalized spacial score (nSPS) is 22.8. The van der Waals surface area contributed by atoms with Crippen LogP contribution in [0.3, 0.4) is 0 Å². The zero-order chi connectivity index (χ0) is 14.7. The molecule has 0 heterocycles. The van der Waals surface area contributed by atoms with Gasteiger partial charge >= 0.3 is 0 Å². The third-order valence-electron chi connectivity index (χ3n) is 4.17. The summed E-state index contributed by atoms with van der Waals surface area (Å²) < 4.78 is 0. The highest BCUT2D eigenvalue weighted by Crippen LogP contribution is 2.33. The number of nitrogens with one attached hydrogen (secondary N) is 1. The Bertz CT molecular complexity index is 491. The number of rotatable bonds is 4. The molecule has 110 valence electrons. The Kier molecular flexibility index (Phi) is 4.86. The average molecular weight is 297 g/mol. The fourth-order valence-electron chi connectivity index (χ4n) is 2.94. The molecule has 2 atom stereocenters. The molecular weight excluding hydrogens is 276 g/mol. The molecule has 0 aromatic heterocycles. The summed E-state index contributed by atoms with van der Waals surface area (Å²) in [6, 6.07) is 5.33. The monoisotopic (exact) mass is 296 g/mol. The molecule has 1 aromatic rings. The lowest BCUT2D eigenvalue weighted by atomic mass is 9.79. The first-order valence-corrected chi connectivity index (χ1v) is 7.55. The van der Waals surface area contributed by atoms with E-state index >= 15 is 0 Å². The Hall–Kier alpha value is -1.29. The zero-order valence-electron chi connectivity index (χ0n) is 11.9. The second-order valence-electron chi connectivity index (χ2n) is 5.94. The fourth-order valence-corrected chi connectivity index (χ4v) is 3.13. The molecule has 2 unspecified atom stereocenters. The van der Waals surface area contributed by atoms with Gasteiger partial charge in [-0.2, -0.15) is 0 Å². The zero-order valence-corrected chi connectivity index (χ0v) is 12.7. The van der Waals surface area contributed by atoms with Gasteiger partial charge in [-0.1, -0.05) is 38.3 Å². The summed E-state index contributed by atoms with van der Waals surface area (Å²) in [6.45, 7) is 4.53. The van der Waals surface area contributed by atoms with Crippen molar-refractivity contribution in [3.8, 4) is 0 Å². The summed E-state index contributed by atoms with van der Waals surface area (Å²) in [7, 11) is 0. The SMILES string of the molecule is CC(C)C1CCCC(Nc2ccc(Cl)c([N+](=O)[O-])c2)C1. The van der Waals surface area contributed by atoms with Gasteiger partial charge in [-0.25, -0.2) is 0 Å². The highest BCUT2D eigenvalue weighted by molar-refractivity contribution is 6.32. The van der Waals surface area contributed by atoms with Gasteiger partial charge in [0.25, 0.3) is 5.69 Å². The number of anilines is 1. The average Bonchev–Trinajstić information content (AvgIpc) is 2.41. The molecule has 0 saturated heterocycles. The first kappa shape index (κ1) is 15.1. The van der Waals surface area contributed by atoms with Crippen LogP contribution in [0.1, 0.15) is 39.5 Å². The summed E-state index contributed by atoms with van der Waals surface area (Å²) in [5, 5.41) is 14.5. The van der Waals surface area contributed by atoms with Crippen LogP contribution in [0, 0.1) is 22.0 Å². The predicted octanol–water partition coefficient (Wildman–Crippen LogP) is 4.87. The van der Waals surface area contributed by atoms with E-state index in [9.17, 15) is 10.1 Å². The molecule has 1 aliphatic carbocycles. The summed E-state index contributed by atoms with van der Waals surface area (Å²) in [6.07, 6.45) is 4.76. The molecule has 4 nitrogen and oxygen atoms in total. The lowest BCUT2D eigenvalue weighted by Crippen LogP contribution is -2.29. The number of nitro benzene ring substituents is 1. The quantitative estimate of drug-likeness (QED) is 0.636. The molecule has 0 amide bonds. The molecule has 1 aromatic carbocycles. The van der Waals surface area contributed by atoms with Crippen LogP contribution in [0.2, 0.25) is 5.02 Å². The molecule has 0 radical (unpaired) electrons. The van der Waals surface area contributed by atoms with Crippen molar-refractivity contribution < 1.29 is 4.92 Å². The van der Waals surface area contributed by atoms with Gasteiger partial charge in [0.2, 0.25) is 0 Å². The van der Waals surface area contributed by atoms with Crippen molar-refractivity contribution in [2.45, 2.75) is 45.6 Å². The van der Waals surface area contributed by atoms with Crippen LogP contribution < -0.4 is 5.32 Å². The van der Waals surface area contributed by atoms with Crippen LogP contribution in [0.4, 0.5) is 11.4 Å². The molecule has 5 heteroatoms. The molecule has 1 aliphatic rings. The van der Waals surface area contributed by atoms with Gasteiger partial charge in [0.1, 0.15) is 5.02 Å². The number of hydrogen-bond donors (Lipinski definition) is 1. The number of nitrogens with zero attached hydrogens (tertiary/aromatic N) is 1. The van der Waals surface area contributed by atoms with Crippen LogP contribution in [0.5, 0.6) is 0 Å². The Morgan fingerprint density at radius 3 is 2.80 bits per heavy atom. The van der Waals surface area contributed by atoms with Crippen LogP contribution in [-0.2, 0) is 0 Å². The second-order valence-corrected chi connectivity index (χ2v) is 6.34. The van der Waals surface area contributed by atoms with Crippen molar-refractivity contribution in [3.05, 3.63) is 33.3 Å². The molecule has 0 bridgehead atoms. The third-order valence-corrected chi connectivity index (χ3v) is 4.49. The Balaban J connectivity index is 2.06. The van der Waals surface area contributed by atoms with Crippen molar-refractivity contribution in [1.29, 1.82) is 0 Å². The maximum Gasteiger partial charge on any atom is 0.289 e. The van der Waals surface area contributed by atoms with Crippen LogP contribution >= 0.6 is 11.6 Å². The van der Waals surface area contributed by atoms with E-state index in [1.165, 1.54) is 18.9 Å². The van der Waals surface area contributed by atoms with E-state index < -0.39 is 4.92 Å². The standard InChI is InChI=1S/C15H21ClN2O2/c1-10(2)11-4-3-5-12(8-11)17-13-6-7-14(16)15(9-13)18(19)20/h6-7,9-12,17H,3-5,8H2,1-2H3. The summed E-state index contributed by atoms with van der Waals surface area (Å²) in [5.74, 6) is 1.43. The number of benzene rings is 1. The molecule has 1 fully saturated rings. The van der Waals surface area contributed by atoms with Crippen molar-refractivity contribution in [2.75, 3.05) is 5.32 Å². The Morgan fingerprint density at radius 2 is 2.15 bits per heavy atom. The maximum absolute atomic E-state index is 10.9. The van der Waals surface area contributed by atoms with Gasteiger partial charge in [-0.3, -0.25) is 10.1 Å². The molecule has 1 saturated carbocycles. The molecular formula is C15H21ClN2O2. The topological polar surface area (TPSA) is 55.2 Å². The van der Waals surface area contributed by atoms with E-state index in [1.54, 1.807) is 6.07 Å². The minimum atomic E-state index is -0.439. The Morgan fingerprint density at radius 1 is 1.40 bits per heavy atom. The largest absolute Gasteiger partial charge is 0.382 e. The molecule has 0 spiro atoms. The van der Waals surface area contributed by atoms with E-state index in [-0.39, 0.29) is 10.7 Å². The number of hydrogen-bond acceptors (Lipinski definition) is 3. The van der Waals surface area contributed by atoms with Crippen molar-refractivity contribution >= 4 is 23.0 Å². The van der Waals surface area contributed by atoms with Gasteiger partial charge in [0.05, 0.1) is 4.92 Å². The third kappa shape index (κ3) is 3.63. The lowest BCUT2D eigenvalue weighted by molar-refractivity contribution is -0.384. The van der Waals surface area contributed by atoms with Gasteiger partial charge in [0, 0.05) is 17.8 Å². The fraction of sp³-hybridized carbons (Fsp3) is 0.600. The van der Waals surface area contributed by atoms with Crippen molar-refractivity contribution in [1.82, 2.24) is 0 Å². The van der Waals surface area contributed by atoms with Gasteiger partial charge in [-0.15, -0.1) is 0 Å². The maximum atomic E-state index is 10.9. The van der Waals surface area contributed by atoms with Crippen molar-refractivity contribution in [3.63, 3.8) is 0 Å². The molecule has 2 rings (SSSR count). The summed E-state index contributed by atoms with van der Waals surface area (Å²) in [4.78, 5) is 10.5. The lowest BCUT2D eigenvalue weighted by Gasteiger charge is -2.32.